The van der Waals surface area contributed by atoms with Crippen molar-refractivity contribution in [3.05, 3.63) is 53.5 Å². The SMILES string of the molecule is Cc1ccnc(N(C)Cc2ccccc2F)c1N. The lowest BCUT2D eigenvalue weighted by Crippen LogP contribution is -2.20. The number of benzene rings is 1. The van der Waals surface area contributed by atoms with Crippen LogP contribution >= 0.6 is 0 Å². The summed E-state index contributed by atoms with van der Waals surface area (Å²) in [6.07, 6.45) is 1.71. The Morgan fingerprint density at radius 2 is 2.00 bits per heavy atom. The van der Waals surface area contributed by atoms with Gasteiger partial charge in [0.25, 0.3) is 0 Å². The van der Waals surface area contributed by atoms with E-state index in [-0.39, 0.29) is 5.82 Å². The Morgan fingerprint density at radius 3 is 2.72 bits per heavy atom. The highest BCUT2D eigenvalue weighted by Crippen LogP contribution is 2.23. The maximum absolute atomic E-state index is 13.6. The van der Waals surface area contributed by atoms with Gasteiger partial charge in [-0.2, -0.15) is 0 Å². The van der Waals surface area contributed by atoms with E-state index in [4.69, 9.17) is 5.73 Å². The molecule has 0 aliphatic rings. The first kappa shape index (κ1) is 12.4. The number of halogens is 1. The van der Waals surface area contributed by atoms with Crippen LogP contribution < -0.4 is 10.6 Å². The highest BCUT2D eigenvalue weighted by atomic mass is 19.1. The molecular formula is C14H16FN3. The van der Waals surface area contributed by atoms with Crippen molar-refractivity contribution in [3.63, 3.8) is 0 Å². The number of nitrogens with zero attached hydrogens (tertiary/aromatic N) is 2. The molecule has 18 heavy (non-hydrogen) atoms. The number of aryl methyl sites for hydroxylation is 1. The summed E-state index contributed by atoms with van der Waals surface area (Å²) in [6, 6.07) is 8.57. The number of hydrogen-bond donors (Lipinski definition) is 1. The Kier molecular flexibility index (Phi) is 3.46. The molecule has 0 bridgehead atoms. The monoisotopic (exact) mass is 245 g/mol. The van der Waals surface area contributed by atoms with Crippen molar-refractivity contribution < 1.29 is 4.39 Å². The fourth-order valence-electron chi connectivity index (χ4n) is 1.82. The van der Waals surface area contributed by atoms with Gasteiger partial charge in [0.15, 0.2) is 5.82 Å². The summed E-state index contributed by atoms with van der Waals surface area (Å²) in [5.74, 6) is 0.467. The Hall–Kier alpha value is -2.10. The maximum atomic E-state index is 13.6. The topological polar surface area (TPSA) is 42.2 Å². The van der Waals surface area contributed by atoms with Gasteiger partial charge in [-0.1, -0.05) is 18.2 Å². The van der Waals surface area contributed by atoms with Crippen molar-refractivity contribution in [1.29, 1.82) is 0 Å². The van der Waals surface area contributed by atoms with Crippen molar-refractivity contribution in [2.45, 2.75) is 13.5 Å². The molecule has 0 amide bonds. The second kappa shape index (κ2) is 5.04. The predicted molar refractivity (Wildman–Crippen MR) is 71.9 cm³/mol. The Labute approximate surface area is 106 Å². The zero-order valence-corrected chi connectivity index (χ0v) is 10.5. The van der Waals surface area contributed by atoms with E-state index >= 15 is 0 Å². The first-order valence-corrected chi connectivity index (χ1v) is 5.75. The van der Waals surface area contributed by atoms with Crippen LogP contribution in [0.25, 0.3) is 0 Å². The minimum Gasteiger partial charge on any atom is -0.396 e. The molecule has 94 valence electrons. The van der Waals surface area contributed by atoms with Gasteiger partial charge in [0, 0.05) is 25.4 Å². The van der Waals surface area contributed by atoms with Crippen molar-refractivity contribution in [1.82, 2.24) is 4.98 Å². The molecule has 0 unspecified atom stereocenters. The third-order valence-electron chi connectivity index (χ3n) is 2.91. The van der Waals surface area contributed by atoms with Crippen LogP contribution in [0.2, 0.25) is 0 Å². The highest BCUT2D eigenvalue weighted by Gasteiger charge is 2.10. The molecule has 4 heteroatoms. The summed E-state index contributed by atoms with van der Waals surface area (Å²) in [6.45, 7) is 2.37. The van der Waals surface area contributed by atoms with Crippen LogP contribution in [0.3, 0.4) is 0 Å². The van der Waals surface area contributed by atoms with E-state index in [0.717, 1.165) is 5.56 Å². The molecule has 3 nitrogen and oxygen atoms in total. The molecule has 0 fully saturated rings. The average molecular weight is 245 g/mol. The molecule has 1 aromatic carbocycles. The Morgan fingerprint density at radius 1 is 1.28 bits per heavy atom. The largest absolute Gasteiger partial charge is 0.396 e. The quantitative estimate of drug-likeness (QED) is 0.904. The third-order valence-corrected chi connectivity index (χ3v) is 2.91. The molecule has 0 spiro atoms. The number of hydrogen-bond acceptors (Lipinski definition) is 3. The number of nitrogen functional groups attached to an aromatic ring is 1. The van der Waals surface area contributed by atoms with Gasteiger partial charge in [0.1, 0.15) is 5.82 Å². The summed E-state index contributed by atoms with van der Waals surface area (Å²) in [7, 11) is 1.85. The number of rotatable bonds is 3. The van der Waals surface area contributed by atoms with Crippen LogP contribution in [0.5, 0.6) is 0 Å². The maximum Gasteiger partial charge on any atom is 0.152 e. The van der Waals surface area contributed by atoms with E-state index in [0.29, 0.717) is 23.6 Å². The fraction of sp³-hybridized carbons (Fsp3) is 0.214. The summed E-state index contributed by atoms with van der Waals surface area (Å²) in [4.78, 5) is 6.09. The molecule has 0 radical (unpaired) electrons. The molecule has 1 aromatic heterocycles. The molecule has 0 saturated heterocycles. The minimum absolute atomic E-state index is 0.212. The second-order valence-corrected chi connectivity index (χ2v) is 4.31. The lowest BCUT2D eigenvalue weighted by molar-refractivity contribution is 0.607. The minimum atomic E-state index is -0.212. The van der Waals surface area contributed by atoms with Gasteiger partial charge in [-0.15, -0.1) is 0 Å². The summed E-state index contributed by atoms with van der Waals surface area (Å²) in [5.41, 5.74) is 8.21. The van der Waals surface area contributed by atoms with Crippen LogP contribution in [0.4, 0.5) is 15.9 Å². The normalized spacial score (nSPS) is 10.4. The van der Waals surface area contributed by atoms with Gasteiger partial charge in [0.2, 0.25) is 0 Å². The van der Waals surface area contributed by atoms with Gasteiger partial charge in [-0.05, 0) is 24.6 Å². The van der Waals surface area contributed by atoms with Crippen molar-refractivity contribution in [2.24, 2.45) is 0 Å². The van der Waals surface area contributed by atoms with Crippen molar-refractivity contribution >= 4 is 11.5 Å². The summed E-state index contributed by atoms with van der Waals surface area (Å²) in [5, 5.41) is 0. The van der Waals surface area contributed by atoms with E-state index in [1.807, 2.05) is 31.0 Å². The van der Waals surface area contributed by atoms with Crippen LogP contribution in [0.1, 0.15) is 11.1 Å². The summed E-state index contributed by atoms with van der Waals surface area (Å²) >= 11 is 0. The first-order chi connectivity index (χ1) is 8.59. The lowest BCUT2D eigenvalue weighted by Gasteiger charge is -2.20. The average Bonchev–Trinajstić information content (AvgIpc) is 2.35. The molecule has 2 N–H and O–H groups in total. The van der Waals surface area contributed by atoms with Crippen LogP contribution in [0.15, 0.2) is 36.5 Å². The second-order valence-electron chi connectivity index (χ2n) is 4.31. The molecule has 1 heterocycles. The van der Waals surface area contributed by atoms with Crippen LogP contribution in [0, 0.1) is 12.7 Å². The Balaban J connectivity index is 2.25. The lowest BCUT2D eigenvalue weighted by atomic mass is 10.2. The number of anilines is 2. The predicted octanol–water partition coefficient (Wildman–Crippen LogP) is 2.75. The Bertz CT molecular complexity index is 554. The van der Waals surface area contributed by atoms with Gasteiger partial charge < -0.3 is 10.6 Å². The molecule has 2 rings (SSSR count). The van der Waals surface area contributed by atoms with Gasteiger partial charge >= 0.3 is 0 Å². The van der Waals surface area contributed by atoms with E-state index in [1.165, 1.54) is 6.07 Å². The van der Waals surface area contributed by atoms with Crippen molar-refractivity contribution in [3.8, 4) is 0 Å². The highest BCUT2D eigenvalue weighted by molar-refractivity contribution is 5.66. The molecule has 0 saturated carbocycles. The number of nitrogens with two attached hydrogens (primary N) is 1. The number of aromatic nitrogens is 1. The van der Waals surface area contributed by atoms with Gasteiger partial charge in [-0.3, -0.25) is 0 Å². The molecule has 0 aliphatic carbocycles. The van der Waals surface area contributed by atoms with E-state index in [1.54, 1.807) is 18.3 Å². The number of pyridine rings is 1. The standard InChI is InChI=1S/C14H16FN3/c1-10-7-8-17-14(13(10)16)18(2)9-11-5-3-4-6-12(11)15/h3-8H,9,16H2,1-2H3. The van der Waals surface area contributed by atoms with E-state index in [9.17, 15) is 4.39 Å². The fourth-order valence-corrected chi connectivity index (χ4v) is 1.82. The van der Waals surface area contributed by atoms with E-state index in [2.05, 4.69) is 4.98 Å². The molecule has 2 aromatic rings. The first-order valence-electron chi connectivity index (χ1n) is 5.75. The third kappa shape index (κ3) is 2.42. The smallest absolute Gasteiger partial charge is 0.152 e. The van der Waals surface area contributed by atoms with E-state index < -0.39 is 0 Å². The van der Waals surface area contributed by atoms with Gasteiger partial charge in [0.05, 0.1) is 5.69 Å². The van der Waals surface area contributed by atoms with Crippen molar-refractivity contribution in [2.75, 3.05) is 17.7 Å². The molecular weight excluding hydrogens is 229 g/mol. The van der Waals surface area contributed by atoms with Gasteiger partial charge in [-0.25, -0.2) is 9.37 Å². The molecule has 0 atom stereocenters. The van der Waals surface area contributed by atoms with Crippen LogP contribution in [-0.4, -0.2) is 12.0 Å². The molecule has 0 aliphatic heterocycles. The zero-order chi connectivity index (χ0) is 13.1. The zero-order valence-electron chi connectivity index (χ0n) is 10.5. The summed E-state index contributed by atoms with van der Waals surface area (Å²) < 4.78 is 13.6. The van der Waals surface area contributed by atoms with Crippen LogP contribution in [-0.2, 0) is 6.54 Å².